The molecule has 0 unspecified atom stereocenters. The number of aryl methyl sites for hydroxylation is 1. The molecule has 7 rings (SSSR count). The Hall–Kier alpha value is -4.63. The lowest BCUT2D eigenvalue weighted by molar-refractivity contribution is 0.417. The maximum atomic E-state index is 6.21. The Labute approximate surface area is 233 Å². The number of ether oxygens (including phenoxy) is 1. The number of aliphatic imine (C=N–C) groups is 2. The van der Waals surface area contributed by atoms with Gasteiger partial charge in [0, 0.05) is 0 Å². The number of nitrogens with zero attached hydrogens (tertiary/aromatic N) is 5. The number of amidine groups is 2. The monoisotopic (exact) mass is 578 g/mol. The van der Waals surface area contributed by atoms with E-state index in [0.717, 1.165) is 45.6 Å². The van der Waals surface area contributed by atoms with Crippen LogP contribution in [0, 0.1) is 6.92 Å². The number of hydrogen-bond acceptors (Lipinski definition) is 7. The van der Waals surface area contributed by atoms with Gasteiger partial charge in [0.2, 0.25) is 0 Å². The van der Waals surface area contributed by atoms with Crippen molar-refractivity contribution in [2.45, 2.75) is 13.0 Å². The molecule has 8 nitrogen and oxygen atoms in total. The molecular formula is C30H23BrN6O2. The minimum atomic E-state index is -0.331. The van der Waals surface area contributed by atoms with E-state index >= 15 is 0 Å². The highest BCUT2D eigenvalue weighted by atomic mass is 79.9. The molecule has 0 fully saturated rings. The number of furan rings is 1. The summed E-state index contributed by atoms with van der Waals surface area (Å²) in [4.78, 5) is 12.4. The average molecular weight is 579 g/mol. The fourth-order valence-electron chi connectivity index (χ4n) is 5.17. The molecule has 0 saturated carbocycles. The molecular weight excluding hydrogens is 556 g/mol. The Morgan fingerprint density at radius 3 is 2.46 bits per heavy atom. The van der Waals surface area contributed by atoms with Crippen LogP contribution in [0.2, 0.25) is 0 Å². The van der Waals surface area contributed by atoms with E-state index in [9.17, 15) is 0 Å². The summed E-state index contributed by atoms with van der Waals surface area (Å²) in [6.07, 6.45) is 0. The number of benzene rings is 3. The van der Waals surface area contributed by atoms with Gasteiger partial charge in [-0.3, -0.25) is 0 Å². The van der Waals surface area contributed by atoms with Crippen molar-refractivity contribution in [2.75, 3.05) is 17.3 Å². The third-order valence-electron chi connectivity index (χ3n) is 6.86. The van der Waals surface area contributed by atoms with E-state index in [-0.39, 0.29) is 6.04 Å². The second-order valence-electron chi connectivity index (χ2n) is 9.19. The van der Waals surface area contributed by atoms with Crippen molar-refractivity contribution in [3.63, 3.8) is 0 Å². The van der Waals surface area contributed by atoms with Gasteiger partial charge in [-0.05, 0) is 71.4 Å². The van der Waals surface area contributed by atoms with Crippen LogP contribution in [0.15, 0.2) is 110 Å². The number of anilines is 2. The van der Waals surface area contributed by atoms with Gasteiger partial charge in [0.05, 0.1) is 41.1 Å². The van der Waals surface area contributed by atoms with Crippen LogP contribution in [0.3, 0.4) is 0 Å². The SMILES string of the molecule is COc1ccccc1NC1=Nc2ccccc2N2C1=Nc1c(c(C)nn1-c1ccccc1)[C@@H]2c1ccc(Br)o1. The van der Waals surface area contributed by atoms with E-state index in [2.05, 4.69) is 32.2 Å². The maximum absolute atomic E-state index is 6.21. The molecule has 192 valence electrons. The van der Waals surface area contributed by atoms with Crippen molar-refractivity contribution < 1.29 is 9.15 Å². The Kier molecular flexibility index (Phi) is 5.59. The molecule has 4 heterocycles. The second kappa shape index (κ2) is 9.28. The summed E-state index contributed by atoms with van der Waals surface area (Å²) in [5.74, 6) is 3.45. The van der Waals surface area contributed by atoms with Crippen molar-refractivity contribution in [1.29, 1.82) is 0 Å². The van der Waals surface area contributed by atoms with Crippen LogP contribution in [0.25, 0.3) is 5.69 Å². The fraction of sp³-hybridized carbons (Fsp3) is 0.100. The summed E-state index contributed by atoms with van der Waals surface area (Å²) in [5, 5.41) is 8.44. The lowest BCUT2D eigenvalue weighted by Gasteiger charge is -2.39. The summed E-state index contributed by atoms with van der Waals surface area (Å²) < 4.78 is 14.4. The minimum absolute atomic E-state index is 0.331. The van der Waals surface area contributed by atoms with Crippen molar-refractivity contribution >= 4 is 50.5 Å². The summed E-state index contributed by atoms with van der Waals surface area (Å²) in [6.45, 7) is 2.02. The second-order valence-corrected chi connectivity index (χ2v) is 9.98. The summed E-state index contributed by atoms with van der Waals surface area (Å²) in [6, 6.07) is 29.4. The number of halogens is 1. The van der Waals surface area contributed by atoms with E-state index < -0.39 is 0 Å². The van der Waals surface area contributed by atoms with Gasteiger partial charge in [-0.1, -0.05) is 42.5 Å². The van der Waals surface area contributed by atoms with Crippen molar-refractivity contribution in [3.05, 3.63) is 113 Å². The van der Waals surface area contributed by atoms with Gasteiger partial charge < -0.3 is 19.4 Å². The van der Waals surface area contributed by atoms with Gasteiger partial charge >= 0.3 is 0 Å². The summed E-state index contributed by atoms with van der Waals surface area (Å²) in [7, 11) is 1.65. The molecule has 1 atom stereocenters. The number of fused-ring (bicyclic) bond motifs is 4. The summed E-state index contributed by atoms with van der Waals surface area (Å²) in [5.41, 5.74) is 5.30. The first kappa shape index (κ1) is 23.5. The third-order valence-corrected chi connectivity index (χ3v) is 7.29. The number of para-hydroxylation sites is 5. The highest BCUT2D eigenvalue weighted by molar-refractivity contribution is 9.10. The highest BCUT2D eigenvalue weighted by Gasteiger charge is 2.43. The molecule has 0 amide bonds. The first-order valence-electron chi connectivity index (χ1n) is 12.5. The van der Waals surface area contributed by atoms with Gasteiger partial charge in [-0.2, -0.15) is 5.10 Å². The number of methoxy groups -OCH3 is 1. The molecule has 1 N–H and O–H groups in total. The molecule has 39 heavy (non-hydrogen) atoms. The third kappa shape index (κ3) is 3.85. The van der Waals surface area contributed by atoms with Gasteiger partial charge in [0.25, 0.3) is 0 Å². The Morgan fingerprint density at radius 2 is 1.67 bits per heavy atom. The van der Waals surface area contributed by atoms with Gasteiger partial charge in [-0.15, -0.1) is 0 Å². The molecule has 0 bridgehead atoms. The molecule has 0 spiro atoms. The molecule has 0 aliphatic carbocycles. The highest BCUT2D eigenvalue weighted by Crippen LogP contribution is 2.48. The molecule has 3 aromatic carbocycles. The van der Waals surface area contributed by atoms with Crippen LogP contribution in [-0.4, -0.2) is 28.6 Å². The quantitative estimate of drug-likeness (QED) is 0.241. The maximum Gasteiger partial charge on any atom is 0.179 e. The van der Waals surface area contributed by atoms with E-state index in [1.54, 1.807) is 7.11 Å². The molecule has 5 aromatic rings. The average Bonchev–Trinajstić information content (AvgIpc) is 3.55. The lowest BCUT2D eigenvalue weighted by Crippen LogP contribution is -2.46. The topological polar surface area (TPSA) is 80.2 Å². The van der Waals surface area contributed by atoms with Gasteiger partial charge in [0.15, 0.2) is 22.2 Å². The van der Waals surface area contributed by atoms with Crippen LogP contribution in [0.4, 0.5) is 22.9 Å². The number of aromatic nitrogens is 2. The van der Waals surface area contributed by atoms with E-state index in [1.165, 1.54) is 0 Å². The Balaban J connectivity index is 1.50. The predicted octanol–water partition coefficient (Wildman–Crippen LogP) is 7.34. The van der Waals surface area contributed by atoms with Gasteiger partial charge in [0.1, 0.15) is 17.6 Å². The molecule has 2 aromatic heterocycles. The summed E-state index contributed by atoms with van der Waals surface area (Å²) >= 11 is 3.50. The van der Waals surface area contributed by atoms with Gasteiger partial charge in [-0.25, -0.2) is 14.7 Å². The fourth-order valence-corrected chi connectivity index (χ4v) is 5.49. The van der Waals surface area contributed by atoms with Crippen molar-refractivity contribution in [2.24, 2.45) is 9.98 Å². The first-order valence-corrected chi connectivity index (χ1v) is 13.3. The molecule has 2 aliphatic rings. The molecule has 0 saturated heterocycles. The van der Waals surface area contributed by atoms with E-state index in [4.69, 9.17) is 24.2 Å². The zero-order valence-corrected chi connectivity index (χ0v) is 22.8. The van der Waals surface area contributed by atoms with Crippen molar-refractivity contribution in [3.8, 4) is 11.4 Å². The van der Waals surface area contributed by atoms with Crippen LogP contribution in [0.5, 0.6) is 5.75 Å². The van der Waals surface area contributed by atoms with Crippen LogP contribution >= 0.6 is 15.9 Å². The lowest BCUT2D eigenvalue weighted by atomic mass is 9.98. The largest absolute Gasteiger partial charge is 0.495 e. The minimum Gasteiger partial charge on any atom is -0.495 e. The Morgan fingerprint density at radius 1 is 0.897 bits per heavy atom. The standard InChI is InChI=1S/C30H23BrN6O2/c1-18-26-27(24-16-17-25(31)39-24)36-22-14-8-6-12-20(22)32-28(33-21-13-7-9-15-23(21)38-2)30(36)34-29(26)37(35-18)19-10-4-3-5-11-19/h3-17,27H,1-2H3,(H,32,33)/t27-/m0/s1. The zero-order valence-electron chi connectivity index (χ0n) is 21.2. The number of hydrogen-bond donors (Lipinski definition) is 1. The smallest absolute Gasteiger partial charge is 0.179 e. The first-order chi connectivity index (χ1) is 19.1. The van der Waals surface area contributed by atoms with Crippen LogP contribution in [0.1, 0.15) is 23.1 Å². The van der Waals surface area contributed by atoms with Crippen LogP contribution in [-0.2, 0) is 0 Å². The number of nitrogens with one attached hydrogen (secondary N) is 1. The molecule has 2 aliphatic heterocycles. The van der Waals surface area contributed by atoms with Crippen molar-refractivity contribution in [1.82, 2.24) is 9.78 Å². The van der Waals surface area contributed by atoms with E-state index in [0.29, 0.717) is 22.1 Å². The molecule has 9 heteroatoms. The number of rotatable bonds is 4. The molecule has 0 radical (unpaired) electrons. The normalized spacial score (nSPS) is 15.6. The Bertz CT molecular complexity index is 1770. The predicted molar refractivity (Wildman–Crippen MR) is 156 cm³/mol. The van der Waals surface area contributed by atoms with Crippen LogP contribution < -0.4 is 15.0 Å². The zero-order chi connectivity index (χ0) is 26.5. The van der Waals surface area contributed by atoms with E-state index in [1.807, 2.05) is 96.5 Å².